The van der Waals surface area contributed by atoms with Crippen LogP contribution in [0.4, 0.5) is 5.82 Å². The molecule has 0 aliphatic carbocycles. The molecule has 0 radical (unpaired) electrons. The molecule has 0 aromatic carbocycles. The number of hydrogen-bond acceptors (Lipinski definition) is 9. The van der Waals surface area contributed by atoms with Gasteiger partial charge in [0, 0.05) is 10.9 Å². The molecule has 9 nitrogen and oxygen atoms in total. The lowest BCUT2D eigenvalue weighted by molar-refractivity contribution is -0.0511. The summed E-state index contributed by atoms with van der Waals surface area (Å²) in [5.74, 6) is 0.654. The van der Waals surface area contributed by atoms with Gasteiger partial charge in [-0.3, -0.25) is 4.57 Å². The van der Waals surface area contributed by atoms with Crippen molar-refractivity contribution in [3.05, 3.63) is 23.2 Å². The number of hydrogen-bond donors (Lipinski definition) is 4. The fraction of sp³-hybridized carbons (Fsp3) is 0.357. The number of nitrogens with zero attached hydrogens (tertiary/aromatic N) is 4. The zero-order valence-corrected chi connectivity index (χ0v) is 13.2. The molecule has 1 aliphatic rings. The van der Waals surface area contributed by atoms with Crippen LogP contribution in [0.5, 0.6) is 0 Å². The molecule has 1 fully saturated rings. The molecule has 4 atom stereocenters. The standard InChI is InChI=1S/C14H15N5O4S/c15-11-8-13(18-12(17-11)6-1-2-24-4-6)19(5-16-8)14-10(22)9(21)7(3-20)23-14/h1-2,4-5,7,9-10,14,20-22H,3H2,(H2,15,17,18)/t7-,9-,10-,14-/m1/s1. The summed E-state index contributed by atoms with van der Waals surface area (Å²) in [5, 5.41) is 33.2. The molecule has 0 saturated carbocycles. The van der Waals surface area contributed by atoms with E-state index in [-0.39, 0.29) is 5.82 Å². The van der Waals surface area contributed by atoms with E-state index >= 15 is 0 Å². The molecule has 5 N–H and O–H groups in total. The first-order chi connectivity index (χ1) is 11.6. The maximum Gasteiger partial charge on any atom is 0.168 e. The third-order valence-electron chi connectivity index (χ3n) is 4.02. The summed E-state index contributed by atoms with van der Waals surface area (Å²) in [6.07, 6.45) is -2.80. The number of aromatic nitrogens is 4. The fourth-order valence-electron chi connectivity index (χ4n) is 2.76. The minimum absolute atomic E-state index is 0.215. The molecule has 3 aromatic heterocycles. The molecule has 0 unspecified atom stereocenters. The third-order valence-corrected chi connectivity index (χ3v) is 4.70. The van der Waals surface area contributed by atoms with Crippen molar-refractivity contribution >= 4 is 28.3 Å². The first-order valence-electron chi connectivity index (χ1n) is 7.25. The van der Waals surface area contributed by atoms with Crippen LogP contribution in [0, 0.1) is 0 Å². The van der Waals surface area contributed by atoms with Gasteiger partial charge in [-0.2, -0.15) is 11.3 Å². The van der Waals surface area contributed by atoms with Crippen molar-refractivity contribution in [2.75, 3.05) is 12.3 Å². The number of ether oxygens (including phenoxy) is 1. The molecular weight excluding hydrogens is 334 g/mol. The van der Waals surface area contributed by atoms with E-state index in [2.05, 4.69) is 15.0 Å². The highest BCUT2D eigenvalue weighted by Crippen LogP contribution is 2.32. The van der Waals surface area contributed by atoms with Gasteiger partial charge in [0.15, 0.2) is 23.5 Å². The number of nitrogens with two attached hydrogens (primary N) is 1. The minimum atomic E-state index is -1.22. The van der Waals surface area contributed by atoms with Crippen molar-refractivity contribution in [3.8, 4) is 11.4 Å². The van der Waals surface area contributed by atoms with Crippen LogP contribution in [0.1, 0.15) is 6.23 Å². The van der Waals surface area contributed by atoms with Crippen molar-refractivity contribution in [1.29, 1.82) is 0 Å². The van der Waals surface area contributed by atoms with Gasteiger partial charge in [0.1, 0.15) is 23.8 Å². The minimum Gasteiger partial charge on any atom is -0.394 e. The summed E-state index contributed by atoms with van der Waals surface area (Å²) in [5.41, 5.74) is 7.56. The zero-order chi connectivity index (χ0) is 16.8. The zero-order valence-electron chi connectivity index (χ0n) is 12.4. The summed E-state index contributed by atoms with van der Waals surface area (Å²) in [7, 11) is 0. The van der Waals surface area contributed by atoms with Gasteiger partial charge in [-0.15, -0.1) is 0 Å². The van der Waals surface area contributed by atoms with E-state index in [0.29, 0.717) is 17.0 Å². The van der Waals surface area contributed by atoms with Crippen molar-refractivity contribution in [2.24, 2.45) is 0 Å². The molecule has 0 bridgehead atoms. The lowest BCUT2D eigenvalue weighted by Gasteiger charge is -2.16. The Morgan fingerprint density at radius 3 is 2.79 bits per heavy atom. The predicted octanol–water partition coefficient (Wildman–Crippen LogP) is -0.252. The maximum atomic E-state index is 10.2. The van der Waals surface area contributed by atoms with Crippen molar-refractivity contribution < 1.29 is 20.1 Å². The quantitative estimate of drug-likeness (QED) is 0.507. The molecular formula is C14H15N5O4S. The van der Waals surface area contributed by atoms with Crippen LogP contribution in [0.25, 0.3) is 22.6 Å². The topological polar surface area (TPSA) is 140 Å². The van der Waals surface area contributed by atoms with Gasteiger partial charge in [0.05, 0.1) is 12.9 Å². The number of rotatable bonds is 3. The van der Waals surface area contributed by atoms with Gasteiger partial charge >= 0.3 is 0 Å². The van der Waals surface area contributed by atoms with E-state index in [1.54, 1.807) is 0 Å². The summed E-state index contributed by atoms with van der Waals surface area (Å²) in [6, 6.07) is 1.87. The molecule has 3 aromatic rings. The van der Waals surface area contributed by atoms with Gasteiger partial charge in [-0.05, 0) is 11.4 Å². The van der Waals surface area contributed by atoms with E-state index in [9.17, 15) is 15.3 Å². The van der Waals surface area contributed by atoms with Crippen LogP contribution in [0.15, 0.2) is 23.2 Å². The Kier molecular flexibility index (Phi) is 3.70. The average Bonchev–Trinajstić information content (AvgIpc) is 3.28. The Morgan fingerprint density at radius 2 is 2.12 bits per heavy atom. The summed E-state index contributed by atoms with van der Waals surface area (Å²) in [6.45, 7) is -0.404. The Hall–Kier alpha value is -2.11. The number of nitrogen functional groups attached to an aromatic ring is 1. The Balaban J connectivity index is 1.82. The number of thiophene rings is 1. The first-order valence-corrected chi connectivity index (χ1v) is 8.19. The number of anilines is 1. The van der Waals surface area contributed by atoms with Gasteiger partial charge in [-0.1, -0.05) is 0 Å². The molecule has 4 rings (SSSR count). The van der Waals surface area contributed by atoms with E-state index < -0.39 is 31.1 Å². The summed E-state index contributed by atoms with van der Waals surface area (Å²) in [4.78, 5) is 12.9. The molecule has 24 heavy (non-hydrogen) atoms. The first kappa shape index (κ1) is 15.4. The van der Waals surface area contributed by atoms with Crippen LogP contribution in [-0.4, -0.2) is 59.8 Å². The molecule has 0 amide bonds. The van der Waals surface area contributed by atoms with Gasteiger partial charge in [0.25, 0.3) is 0 Å². The summed E-state index contributed by atoms with van der Waals surface area (Å²) >= 11 is 1.51. The van der Waals surface area contributed by atoms with E-state index in [4.69, 9.17) is 10.5 Å². The number of imidazole rings is 1. The van der Waals surface area contributed by atoms with Crippen LogP contribution in [0.2, 0.25) is 0 Å². The molecule has 1 saturated heterocycles. The van der Waals surface area contributed by atoms with E-state index in [0.717, 1.165) is 5.56 Å². The van der Waals surface area contributed by atoms with Gasteiger partial charge < -0.3 is 25.8 Å². The second-order valence-electron chi connectivity index (χ2n) is 5.50. The van der Waals surface area contributed by atoms with Crippen LogP contribution >= 0.6 is 11.3 Å². The SMILES string of the molecule is Nc1nc(-c2ccsc2)nc2c1ncn2[C@@H]1O[C@H](CO)[C@@H](O)[C@H]1O. The van der Waals surface area contributed by atoms with Crippen molar-refractivity contribution in [2.45, 2.75) is 24.5 Å². The second-order valence-corrected chi connectivity index (χ2v) is 6.28. The highest BCUT2D eigenvalue weighted by Gasteiger charge is 2.44. The third kappa shape index (κ3) is 2.27. The van der Waals surface area contributed by atoms with Crippen LogP contribution < -0.4 is 5.73 Å². The monoisotopic (exact) mass is 349 g/mol. The molecule has 10 heteroatoms. The second kappa shape index (κ2) is 5.76. The Labute approximate surface area is 140 Å². The highest BCUT2D eigenvalue weighted by molar-refractivity contribution is 7.08. The summed E-state index contributed by atoms with van der Waals surface area (Å²) < 4.78 is 7.02. The molecule has 1 aliphatic heterocycles. The van der Waals surface area contributed by atoms with Crippen molar-refractivity contribution in [3.63, 3.8) is 0 Å². The molecule has 126 valence electrons. The largest absolute Gasteiger partial charge is 0.394 e. The number of aliphatic hydroxyl groups excluding tert-OH is 3. The lowest BCUT2D eigenvalue weighted by atomic mass is 10.1. The number of fused-ring (bicyclic) bond motifs is 1. The molecule has 4 heterocycles. The van der Waals surface area contributed by atoms with Crippen LogP contribution in [0.3, 0.4) is 0 Å². The van der Waals surface area contributed by atoms with Gasteiger partial charge in [0.2, 0.25) is 0 Å². The van der Waals surface area contributed by atoms with Gasteiger partial charge in [-0.25, -0.2) is 15.0 Å². The lowest BCUT2D eigenvalue weighted by Crippen LogP contribution is -2.33. The fourth-order valence-corrected chi connectivity index (χ4v) is 3.39. The Bertz CT molecular complexity index is 868. The smallest absolute Gasteiger partial charge is 0.168 e. The van der Waals surface area contributed by atoms with E-state index in [1.807, 2.05) is 16.8 Å². The van der Waals surface area contributed by atoms with E-state index in [1.165, 1.54) is 22.2 Å². The average molecular weight is 349 g/mol. The van der Waals surface area contributed by atoms with Crippen LogP contribution in [-0.2, 0) is 4.74 Å². The maximum absolute atomic E-state index is 10.2. The Morgan fingerprint density at radius 1 is 1.29 bits per heavy atom. The number of aliphatic hydroxyl groups is 3. The van der Waals surface area contributed by atoms with Crippen molar-refractivity contribution in [1.82, 2.24) is 19.5 Å². The molecule has 0 spiro atoms. The normalized spacial score (nSPS) is 27.1. The predicted molar refractivity (Wildman–Crippen MR) is 86.1 cm³/mol. The highest BCUT2D eigenvalue weighted by atomic mass is 32.1.